The van der Waals surface area contributed by atoms with Gasteiger partial charge in [-0.3, -0.25) is 5.10 Å². The molecule has 0 saturated carbocycles. The predicted octanol–water partition coefficient (Wildman–Crippen LogP) is 2.83. The number of aromatic nitrogens is 2. The molecular formula is C17H33N3O3S. The fourth-order valence-corrected chi connectivity index (χ4v) is 3.81. The summed E-state index contributed by atoms with van der Waals surface area (Å²) in [7, 11) is -3.34. The van der Waals surface area contributed by atoms with Crippen molar-refractivity contribution in [1.82, 2.24) is 14.5 Å². The molecule has 1 aromatic heterocycles. The summed E-state index contributed by atoms with van der Waals surface area (Å²) in [5.74, 6) is 0. The summed E-state index contributed by atoms with van der Waals surface area (Å²) < 4.78 is 32.3. The van der Waals surface area contributed by atoms with E-state index in [1.807, 2.05) is 33.8 Å². The summed E-state index contributed by atoms with van der Waals surface area (Å²) in [6.45, 7) is 14.4. The van der Waals surface area contributed by atoms with E-state index < -0.39 is 15.6 Å². The number of nitrogens with one attached hydrogen (secondary N) is 1. The van der Waals surface area contributed by atoms with E-state index in [0.29, 0.717) is 13.0 Å². The molecule has 7 heteroatoms. The van der Waals surface area contributed by atoms with Crippen molar-refractivity contribution < 1.29 is 13.2 Å². The number of hydrogen-bond acceptors (Lipinski definition) is 4. The Balaban J connectivity index is 3.03. The molecule has 0 aliphatic carbocycles. The van der Waals surface area contributed by atoms with E-state index in [-0.39, 0.29) is 17.6 Å². The van der Waals surface area contributed by atoms with E-state index in [1.54, 1.807) is 6.20 Å². The Morgan fingerprint density at radius 2 is 1.83 bits per heavy atom. The molecule has 2 unspecified atom stereocenters. The Kier molecular flexibility index (Phi) is 6.63. The standard InChI is InChI=1S/C17H33N3O3S/c1-13(16(2,3)4)23-15(11-14-9-10-18-19-14)12-20(17(5,6)7)24(8,21)22/h9-10,13,15H,11-12H2,1-8H3,(H,18,19). The van der Waals surface area contributed by atoms with E-state index in [0.717, 1.165) is 5.69 Å². The number of nitrogens with zero attached hydrogens (tertiary/aromatic N) is 2. The summed E-state index contributed by atoms with van der Waals surface area (Å²) in [5.41, 5.74) is 0.330. The lowest BCUT2D eigenvalue weighted by atomic mass is 9.90. The van der Waals surface area contributed by atoms with Crippen LogP contribution in [0.15, 0.2) is 12.3 Å². The number of aromatic amines is 1. The molecule has 140 valence electrons. The van der Waals surface area contributed by atoms with Gasteiger partial charge < -0.3 is 4.74 Å². The number of sulfonamides is 1. The molecule has 0 spiro atoms. The van der Waals surface area contributed by atoms with Crippen molar-refractivity contribution in [3.63, 3.8) is 0 Å². The summed E-state index contributed by atoms with van der Waals surface area (Å²) in [4.78, 5) is 0. The van der Waals surface area contributed by atoms with Crippen LogP contribution in [-0.2, 0) is 21.2 Å². The minimum absolute atomic E-state index is 0.0113. The highest BCUT2D eigenvalue weighted by Crippen LogP contribution is 2.26. The van der Waals surface area contributed by atoms with Gasteiger partial charge in [0.1, 0.15) is 0 Å². The molecule has 6 nitrogen and oxygen atoms in total. The normalized spacial score (nSPS) is 16.4. The molecule has 0 saturated heterocycles. The maximum atomic E-state index is 12.2. The number of hydrogen-bond donors (Lipinski definition) is 1. The second-order valence-corrected chi connectivity index (χ2v) is 10.4. The van der Waals surface area contributed by atoms with Crippen LogP contribution < -0.4 is 0 Å². The summed E-state index contributed by atoms with van der Waals surface area (Å²) in [6.07, 6.45) is 3.29. The molecule has 0 aliphatic rings. The van der Waals surface area contributed by atoms with Crippen LogP contribution in [0.4, 0.5) is 0 Å². The average Bonchev–Trinajstić information content (AvgIpc) is 2.84. The van der Waals surface area contributed by atoms with Crippen molar-refractivity contribution in [2.24, 2.45) is 5.41 Å². The van der Waals surface area contributed by atoms with Gasteiger partial charge >= 0.3 is 0 Å². The molecule has 0 amide bonds. The number of ether oxygens (including phenoxy) is 1. The van der Waals surface area contributed by atoms with Gasteiger partial charge in [0.2, 0.25) is 10.0 Å². The molecule has 1 N–H and O–H groups in total. The molecule has 1 heterocycles. The highest BCUT2D eigenvalue weighted by molar-refractivity contribution is 7.88. The van der Waals surface area contributed by atoms with Crippen LogP contribution in [0.25, 0.3) is 0 Å². The minimum atomic E-state index is -3.34. The summed E-state index contributed by atoms with van der Waals surface area (Å²) in [6, 6.07) is 1.89. The number of rotatable bonds is 7. The maximum Gasteiger partial charge on any atom is 0.211 e. The Morgan fingerprint density at radius 1 is 1.25 bits per heavy atom. The third-order valence-electron chi connectivity index (χ3n) is 4.13. The van der Waals surface area contributed by atoms with Crippen LogP contribution in [0.5, 0.6) is 0 Å². The topological polar surface area (TPSA) is 75.3 Å². The van der Waals surface area contributed by atoms with Crippen LogP contribution in [0.2, 0.25) is 0 Å². The zero-order valence-corrected chi connectivity index (χ0v) is 17.1. The van der Waals surface area contributed by atoms with E-state index in [4.69, 9.17) is 4.74 Å². The largest absolute Gasteiger partial charge is 0.373 e. The van der Waals surface area contributed by atoms with Crippen molar-refractivity contribution in [1.29, 1.82) is 0 Å². The molecule has 0 aliphatic heterocycles. The van der Waals surface area contributed by atoms with E-state index in [9.17, 15) is 8.42 Å². The van der Waals surface area contributed by atoms with Crippen LogP contribution in [0, 0.1) is 5.41 Å². The van der Waals surface area contributed by atoms with Gasteiger partial charge in [-0.15, -0.1) is 0 Å². The van der Waals surface area contributed by atoms with Gasteiger partial charge in [-0.1, -0.05) is 20.8 Å². The monoisotopic (exact) mass is 359 g/mol. The van der Waals surface area contributed by atoms with Gasteiger partial charge in [-0.05, 0) is 39.2 Å². The van der Waals surface area contributed by atoms with Gasteiger partial charge in [-0.25, -0.2) is 8.42 Å². The zero-order chi connectivity index (χ0) is 18.8. The van der Waals surface area contributed by atoms with Gasteiger partial charge in [0.05, 0.1) is 24.2 Å². The second kappa shape index (κ2) is 7.54. The first-order valence-corrected chi connectivity index (χ1v) is 10.2. The first-order chi connectivity index (χ1) is 10.7. The molecular weight excluding hydrogens is 326 g/mol. The quantitative estimate of drug-likeness (QED) is 0.812. The van der Waals surface area contributed by atoms with Gasteiger partial charge in [0.25, 0.3) is 0 Å². The van der Waals surface area contributed by atoms with Crippen molar-refractivity contribution >= 4 is 10.0 Å². The zero-order valence-electron chi connectivity index (χ0n) is 16.3. The van der Waals surface area contributed by atoms with Crippen LogP contribution in [0.1, 0.15) is 54.2 Å². The summed E-state index contributed by atoms with van der Waals surface area (Å²) >= 11 is 0. The lowest BCUT2D eigenvalue weighted by Gasteiger charge is -2.38. The van der Waals surface area contributed by atoms with Crippen molar-refractivity contribution in [2.75, 3.05) is 12.8 Å². The lowest BCUT2D eigenvalue weighted by molar-refractivity contribution is -0.0648. The van der Waals surface area contributed by atoms with Gasteiger partial charge in [0, 0.05) is 24.7 Å². The average molecular weight is 360 g/mol. The highest BCUT2D eigenvalue weighted by Gasteiger charge is 2.34. The number of H-pyrrole nitrogens is 1. The van der Waals surface area contributed by atoms with Crippen LogP contribution >= 0.6 is 0 Å². The van der Waals surface area contributed by atoms with Gasteiger partial charge in [0.15, 0.2) is 0 Å². The Bertz CT molecular complexity index is 598. The SMILES string of the molecule is CC(OC(Cc1cc[nH]n1)CN(C(C)(C)C)S(C)(=O)=O)C(C)(C)C. The molecule has 0 bridgehead atoms. The predicted molar refractivity (Wildman–Crippen MR) is 97.4 cm³/mol. The molecule has 0 aromatic carbocycles. The third kappa shape index (κ3) is 6.53. The van der Waals surface area contributed by atoms with E-state index >= 15 is 0 Å². The molecule has 24 heavy (non-hydrogen) atoms. The Morgan fingerprint density at radius 3 is 2.21 bits per heavy atom. The van der Waals surface area contributed by atoms with Crippen LogP contribution in [-0.4, -0.2) is 53.5 Å². The smallest absolute Gasteiger partial charge is 0.211 e. The fourth-order valence-electron chi connectivity index (χ4n) is 2.38. The fraction of sp³-hybridized carbons (Fsp3) is 0.824. The van der Waals surface area contributed by atoms with Crippen molar-refractivity contribution in [2.45, 2.75) is 72.6 Å². The van der Waals surface area contributed by atoms with Crippen LogP contribution in [0.3, 0.4) is 0 Å². The molecule has 2 atom stereocenters. The lowest BCUT2D eigenvalue weighted by Crippen LogP contribution is -2.50. The molecule has 1 rings (SSSR count). The molecule has 0 fully saturated rings. The Hall–Kier alpha value is -0.920. The minimum Gasteiger partial charge on any atom is -0.373 e. The molecule has 1 aromatic rings. The highest BCUT2D eigenvalue weighted by atomic mass is 32.2. The first-order valence-electron chi connectivity index (χ1n) is 8.33. The van der Waals surface area contributed by atoms with E-state index in [2.05, 4.69) is 31.0 Å². The maximum absolute atomic E-state index is 12.2. The van der Waals surface area contributed by atoms with Gasteiger partial charge in [-0.2, -0.15) is 9.40 Å². The van der Waals surface area contributed by atoms with Crippen molar-refractivity contribution in [3.8, 4) is 0 Å². The van der Waals surface area contributed by atoms with Crippen molar-refractivity contribution in [3.05, 3.63) is 18.0 Å². The Labute approximate surface area is 147 Å². The third-order valence-corrected chi connectivity index (χ3v) is 5.63. The molecule has 0 radical (unpaired) electrons. The second-order valence-electron chi connectivity index (χ2n) is 8.50. The van der Waals surface area contributed by atoms with E-state index in [1.165, 1.54) is 10.6 Å². The first kappa shape index (κ1) is 21.1. The summed E-state index contributed by atoms with van der Waals surface area (Å²) in [5, 5.41) is 6.98.